The summed E-state index contributed by atoms with van der Waals surface area (Å²) in [5.41, 5.74) is 0.728. The van der Waals surface area contributed by atoms with Crippen LogP contribution >= 0.6 is 0 Å². The highest BCUT2D eigenvalue weighted by molar-refractivity contribution is 4.98. The Morgan fingerprint density at radius 1 is 1.12 bits per heavy atom. The monoisotopic (exact) mass is 222 g/mol. The first-order chi connectivity index (χ1) is 7.68. The standard InChI is InChI=1S/C16H30/c1-4-5-6-9-14-10-11-15-13(2)8-7-12-16(14,15)3/h13-15H,4-12H2,1-3H3/t13?,14?,15-,16?/m0/s1. The van der Waals surface area contributed by atoms with Crippen molar-refractivity contribution in [3.05, 3.63) is 0 Å². The fraction of sp³-hybridized carbons (Fsp3) is 1.00. The van der Waals surface area contributed by atoms with Gasteiger partial charge in [-0.25, -0.2) is 0 Å². The lowest BCUT2D eigenvalue weighted by Crippen LogP contribution is -2.36. The maximum absolute atomic E-state index is 2.62. The second kappa shape index (κ2) is 5.10. The Hall–Kier alpha value is 0. The van der Waals surface area contributed by atoms with Crippen molar-refractivity contribution >= 4 is 0 Å². The largest absolute Gasteiger partial charge is 0.0654 e. The van der Waals surface area contributed by atoms with Crippen LogP contribution < -0.4 is 0 Å². The third kappa shape index (κ3) is 2.17. The summed E-state index contributed by atoms with van der Waals surface area (Å²) in [6, 6.07) is 0. The van der Waals surface area contributed by atoms with Crippen LogP contribution in [-0.4, -0.2) is 0 Å². The minimum absolute atomic E-state index is 0.728. The molecule has 0 nitrogen and oxygen atoms in total. The molecule has 16 heavy (non-hydrogen) atoms. The zero-order valence-corrected chi connectivity index (χ0v) is 11.6. The zero-order valence-electron chi connectivity index (χ0n) is 11.6. The van der Waals surface area contributed by atoms with Crippen LogP contribution in [0.2, 0.25) is 0 Å². The summed E-state index contributed by atoms with van der Waals surface area (Å²) in [5, 5.41) is 0. The van der Waals surface area contributed by atoms with Crippen LogP contribution in [0.4, 0.5) is 0 Å². The van der Waals surface area contributed by atoms with Gasteiger partial charge in [0.25, 0.3) is 0 Å². The van der Waals surface area contributed by atoms with Crippen LogP contribution in [0.15, 0.2) is 0 Å². The molecule has 0 N–H and O–H groups in total. The lowest BCUT2D eigenvalue weighted by molar-refractivity contribution is 0.0547. The molecule has 4 atom stereocenters. The van der Waals surface area contributed by atoms with Crippen LogP contribution in [0, 0.1) is 23.2 Å². The van der Waals surface area contributed by atoms with E-state index >= 15 is 0 Å². The predicted octanol–water partition coefficient (Wildman–Crippen LogP) is 5.42. The van der Waals surface area contributed by atoms with Gasteiger partial charge in [-0.15, -0.1) is 0 Å². The van der Waals surface area contributed by atoms with Crippen molar-refractivity contribution in [3.8, 4) is 0 Å². The quantitative estimate of drug-likeness (QED) is 0.557. The molecule has 0 aliphatic heterocycles. The lowest BCUT2D eigenvalue weighted by Gasteiger charge is -2.44. The second-order valence-corrected chi connectivity index (χ2v) is 6.75. The molecule has 2 fully saturated rings. The van der Waals surface area contributed by atoms with Crippen LogP contribution in [0.25, 0.3) is 0 Å². The average Bonchev–Trinajstić information content (AvgIpc) is 2.58. The fourth-order valence-electron chi connectivity index (χ4n) is 4.79. The Labute approximate surface area is 102 Å². The van der Waals surface area contributed by atoms with Gasteiger partial charge >= 0.3 is 0 Å². The van der Waals surface area contributed by atoms with Crippen molar-refractivity contribution in [1.82, 2.24) is 0 Å². The molecule has 0 aromatic carbocycles. The van der Waals surface area contributed by atoms with Gasteiger partial charge in [-0.1, -0.05) is 52.9 Å². The maximum Gasteiger partial charge on any atom is -0.0267 e. The second-order valence-electron chi connectivity index (χ2n) is 6.75. The molecule has 2 saturated carbocycles. The Kier molecular flexibility index (Phi) is 3.97. The van der Waals surface area contributed by atoms with Gasteiger partial charge in [0.1, 0.15) is 0 Å². The molecule has 94 valence electrons. The van der Waals surface area contributed by atoms with E-state index in [0.29, 0.717) is 0 Å². The minimum atomic E-state index is 0.728. The van der Waals surface area contributed by atoms with E-state index in [2.05, 4.69) is 20.8 Å². The first-order valence-corrected chi connectivity index (χ1v) is 7.68. The predicted molar refractivity (Wildman–Crippen MR) is 71.5 cm³/mol. The van der Waals surface area contributed by atoms with Crippen molar-refractivity contribution in [3.63, 3.8) is 0 Å². The Morgan fingerprint density at radius 2 is 1.94 bits per heavy atom. The molecule has 2 rings (SSSR count). The molecule has 0 saturated heterocycles. The van der Waals surface area contributed by atoms with E-state index in [1.807, 2.05) is 0 Å². The van der Waals surface area contributed by atoms with E-state index in [9.17, 15) is 0 Å². The van der Waals surface area contributed by atoms with Crippen molar-refractivity contribution < 1.29 is 0 Å². The number of rotatable bonds is 4. The topological polar surface area (TPSA) is 0 Å². The molecule has 0 heterocycles. The average molecular weight is 222 g/mol. The third-order valence-corrected chi connectivity index (χ3v) is 5.82. The van der Waals surface area contributed by atoms with Crippen molar-refractivity contribution in [2.75, 3.05) is 0 Å². The van der Waals surface area contributed by atoms with E-state index in [-0.39, 0.29) is 0 Å². The summed E-state index contributed by atoms with van der Waals surface area (Å²) in [6.07, 6.45) is 13.4. The third-order valence-electron chi connectivity index (χ3n) is 5.82. The van der Waals surface area contributed by atoms with Gasteiger partial charge in [0.15, 0.2) is 0 Å². The molecule has 2 aliphatic rings. The molecule has 0 aromatic heterocycles. The van der Waals surface area contributed by atoms with Gasteiger partial charge in [0.2, 0.25) is 0 Å². The Balaban J connectivity index is 1.95. The van der Waals surface area contributed by atoms with E-state index in [0.717, 1.165) is 23.2 Å². The molecule has 0 bridgehead atoms. The van der Waals surface area contributed by atoms with Gasteiger partial charge in [-0.05, 0) is 48.9 Å². The van der Waals surface area contributed by atoms with Gasteiger partial charge in [0.05, 0.1) is 0 Å². The van der Waals surface area contributed by atoms with Gasteiger partial charge < -0.3 is 0 Å². The number of unbranched alkanes of at least 4 members (excludes halogenated alkanes) is 2. The van der Waals surface area contributed by atoms with Gasteiger partial charge in [-0.2, -0.15) is 0 Å². The van der Waals surface area contributed by atoms with E-state index in [1.54, 1.807) is 0 Å². The molecule has 2 aliphatic carbocycles. The summed E-state index contributed by atoms with van der Waals surface area (Å²) in [4.78, 5) is 0. The highest BCUT2D eigenvalue weighted by Crippen LogP contribution is 2.58. The lowest BCUT2D eigenvalue weighted by atomic mass is 9.61. The van der Waals surface area contributed by atoms with E-state index < -0.39 is 0 Å². The van der Waals surface area contributed by atoms with Gasteiger partial charge in [0, 0.05) is 0 Å². The fourth-order valence-corrected chi connectivity index (χ4v) is 4.79. The SMILES string of the molecule is CCCCCC1CC[C@H]2C(C)CCCC12C. The van der Waals surface area contributed by atoms with E-state index in [1.165, 1.54) is 57.8 Å². The van der Waals surface area contributed by atoms with Crippen molar-refractivity contribution in [2.45, 2.75) is 78.6 Å². The first kappa shape index (κ1) is 12.5. The number of hydrogen-bond acceptors (Lipinski definition) is 0. The van der Waals surface area contributed by atoms with Crippen molar-refractivity contribution in [1.29, 1.82) is 0 Å². The molecule has 0 heteroatoms. The minimum Gasteiger partial charge on any atom is -0.0654 e. The molecular weight excluding hydrogens is 192 g/mol. The van der Waals surface area contributed by atoms with Gasteiger partial charge in [-0.3, -0.25) is 0 Å². The maximum atomic E-state index is 2.62. The molecule has 0 amide bonds. The summed E-state index contributed by atoms with van der Waals surface area (Å²) in [7, 11) is 0. The van der Waals surface area contributed by atoms with Crippen LogP contribution in [0.3, 0.4) is 0 Å². The molecule has 0 aromatic rings. The smallest absolute Gasteiger partial charge is 0.0267 e. The molecular formula is C16H30. The van der Waals surface area contributed by atoms with Crippen molar-refractivity contribution in [2.24, 2.45) is 23.2 Å². The highest BCUT2D eigenvalue weighted by atomic mass is 14.5. The summed E-state index contributed by atoms with van der Waals surface area (Å²) in [5.74, 6) is 3.13. The molecule has 0 spiro atoms. The highest BCUT2D eigenvalue weighted by Gasteiger charge is 2.49. The Bertz CT molecular complexity index is 220. The number of fused-ring (bicyclic) bond motifs is 1. The Morgan fingerprint density at radius 3 is 2.69 bits per heavy atom. The number of hydrogen-bond donors (Lipinski definition) is 0. The normalized spacial score (nSPS) is 43.3. The molecule has 3 unspecified atom stereocenters. The van der Waals surface area contributed by atoms with Crippen LogP contribution in [0.1, 0.15) is 78.6 Å². The van der Waals surface area contributed by atoms with Crippen LogP contribution in [0.5, 0.6) is 0 Å². The van der Waals surface area contributed by atoms with Crippen LogP contribution in [-0.2, 0) is 0 Å². The summed E-state index contributed by atoms with van der Waals surface area (Å²) in [6.45, 7) is 7.45. The zero-order chi connectivity index (χ0) is 11.6. The summed E-state index contributed by atoms with van der Waals surface area (Å²) < 4.78 is 0. The first-order valence-electron chi connectivity index (χ1n) is 7.68. The summed E-state index contributed by atoms with van der Waals surface area (Å²) >= 11 is 0. The van der Waals surface area contributed by atoms with E-state index in [4.69, 9.17) is 0 Å². The molecule has 0 radical (unpaired) electrons.